The third-order valence-electron chi connectivity index (χ3n) is 7.41. The number of carbonyl (C=O) groups is 2. The predicted octanol–water partition coefficient (Wildman–Crippen LogP) is 4.72. The van der Waals surface area contributed by atoms with Gasteiger partial charge in [0.2, 0.25) is 5.91 Å². The summed E-state index contributed by atoms with van der Waals surface area (Å²) in [6.07, 6.45) is 0.867. The normalized spacial score (nSPS) is 18.3. The van der Waals surface area contributed by atoms with Crippen LogP contribution in [0.1, 0.15) is 61.9 Å². The smallest absolute Gasteiger partial charge is 0.262 e. The van der Waals surface area contributed by atoms with E-state index in [1.807, 2.05) is 26.8 Å². The van der Waals surface area contributed by atoms with Gasteiger partial charge >= 0.3 is 0 Å². The summed E-state index contributed by atoms with van der Waals surface area (Å²) < 4.78 is 19.2. The topological polar surface area (TPSA) is 65.5 Å². The summed E-state index contributed by atoms with van der Waals surface area (Å²) >= 11 is 0. The van der Waals surface area contributed by atoms with Crippen LogP contribution in [0.15, 0.2) is 47.6 Å². The second-order valence-corrected chi connectivity index (χ2v) is 11.9. The fraction of sp³-hybridized carbons (Fsp3) is 0.516. The van der Waals surface area contributed by atoms with Gasteiger partial charge in [-0.05, 0) is 59.7 Å². The van der Waals surface area contributed by atoms with Gasteiger partial charge in [0.05, 0.1) is 25.0 Å². The molecule has 7 nitrogen and oxygen atoms in total. The number of halogens is 1. The lowest BCUT2D eigenvalue weighted by atomic mass is 9.91. The van der Waals surface area contributed by atoms with Crippen molar-refractivity contribution in [2.45, 2.75) is 53.5 Å². The van der Waals surface area contributed by atoms with E-state index >= 15 is 0 Å². The van der Waals surface area contributed by atoms with E-state index in [9.17, 15) is 14.0 Å². The van der Waals surface area contributed by atoms with Crippen LogP contribution in [0.3, 0.4) is 0 Å². The predicted molar refractivity (Wildman–Crippen MR) is 151 cm³/mol. The molecule has 0 spiro atoms. The molecule has 1 atom stereocenters. The van der Waals surface area contributed by atoms with E-state index in [0.717, 1.165) is 35.5 Å². The number of nitrogens with zero attached hydrogens (tertiary/aromatic N) is 4. The van der Waals surface area contributed by atoms with Gasteiger partial charge in [0.1, 0.15) is 12.4 Å². The molecule has 2 aromatic carbocycles. The van der Waals surface area contributed by atoms with Crippen molar-refractivity contribution in [2.75, 3.05) is 45.9 Å². The lowest BCUT2D eigenvalue weighted by Crippen LogP contribution is -2.47. The van der Waals surface area contributed by atoms with Crippen LogP contribution in [0.2, 0.25) is 0 Å². The molecule has 0 aliphatic carbocycles. The summed E-state index contributed by atoms with van der Waals surface area (Å²) in [5, 5.41) is 6.29. The Hall–Kier alpha value is -3.10. The van der Waals surface area contributed by atoms with Gasteiger partial charge in [-0.1, -0.05) is 45.0 Å². The number of hydrazone groups is 1. The van der Waals surface area contributed by atoms with Crippen LogP contribution in [-0.2, 0) is 14.3 Å². The standard InChI is InChI=1S/C31H41FN4O3/c1-22-6-7-25(18-23(22)2)27-19-28(24-8-10-26(32)11-9-24)36(33-27)30(38)21-35(29(37)20-31(3,4)5)13-12-34-14-16-39-17-15-34/h6-11,18,28H,12-17,19-21H2,1-5H3/t28-/m0/s1. The summed E-state index contributed by atoms with van der Waals surface area (Å²) in [5.74, 6) is -0.612. The van der Waals surface area contributed by atoms with Crippen LogP contribution in [0.5, 0.6) is 0 Å². The molecule has 2 aromatic rings. The minimum Gasteiger partial charge on any atom is -0.379 e. The highest BCUT2D eigenvalue weighted by Crippen LogP contribution is 2.33. The molecule has 2 aliphatic heterocycles. The fourth-order valence-electron chi connectivity index (χ4n) is 4.96. The number of ether oxygens (including phenoxy) is 1. The van der Waals surface area contributed by atoms with Crippen LogP contribution < -0.4 is 0 Å². The first-order valence-corrected chi connectivity index (χ1v) is 13.8. The maximum absolute atomic E-state index is 13.8. The number of morpholine rings is 1. The molecule has 2 aliphatic rings. The molecule has 0 unspecified atom stereocenters. The maximum atomic E-state index is 13.8. The van der Waals surface area contributed by atoms with Crippen molar-refractivity contribution in [1.82, 2.24) is 14.8 Å². The number of benzene rings is 2. The summed E-state index contributed by atoms with van der Waals surface area (Å²) in [4.78, 5) is 31.1. The lowest BCUT2D eigenvalue weighted by Gasteiger charge is -2.32. The van der Waals surface area contributed by atoms with Crippen molar-refractivity contribution in [3.8, 4) is 0 Å². The van der Waals surface area contributed by atoms with Gasteiger partial charge in [0.15, 0.2) is 0 Å². The van der Waals surface area contributed by atoms with Crippen LogP contribution in [0, 0.1) is 25.1 Å². The zero-order valence-corrected chi connectivity index (χ0v) is 23.9. The molecule has 2 heterocycles. The van der Waals surface area contributed by atoms with Gasteiger partial charge in [-0.2, -0.15) is 5.10 Å². The molecule has 1 fully saturated rings. The molecular weight excluding hydrogens is 495 g/mol. The quantitative estimate of drug-likeness (QED) is 0.490. The number of rotatable bonds is 8. The molecule has 39 heavy (non-hydrogen) atoms. The molecule has 0 radical (unpaired) electrons. The molecule has 2 amide bonds. The monoisotopic (exact) mass is 536 g/mol. The number of amides is 2. The average Bonchev–Trinajstić information content (AvgIpc) is 3.34. The average molecular weight is 537 g/mol. The maximum Gasteiger partial charge on any atom is 0.262 e. The number of hydrogen-bond acceptors (Lipinski definition) is 5. The Bertz CT molecular complexity index is 1200. The largest absolute Gasteiger partial charge is 0.379 e. The molecule has 4 rings (SSSR count). The van der Waals surface area contributed by atoms with Gasteiger partial charge in [0.25, 0.3) is 5.91 Å². The molecular formula is C31H41FN4O3. The van der Waals surface area contributed by atoms with Gasteiger partial charge in [-0.25, -0.2) is 9.40 Å². The minimum absolute atomic E-state index is 0.0417. The van der Waals surface area contributed by atoms with E-state index in [1.54, 1.807) is 17.0 Å². The number of aryl methyl sites for hydroxylation is 2. The first-order chi connectivity index (χ1) is 18.5. The second kappa shape index (κ2) is 12.4. The van der Waals surface area contributed by atoms with Crippen molar-refractivity contribution in [1.29, 1.82) is 0 Å². The number of hydrogen-bond donors (Lipinski definition) is 0. The second-order valence-electron chi connectivity index (χ2n) is 11.9. The van der Waals surface area contributed by atoms with Crippen molar-refractivity contribution < 1.29 is 18.7 Å². The summed E-state index contributed by atoms with van der Waals surface area (Å²) in [6.45, 7) is 14.3. The van der Waals surface area contributed by atoms with Crippen LogP contribution in [-0.4, -0.2) is 78.3 Å². The summed E-state index contributed by atoms with van der Waals surface area (Å²) in [7, 11) is 0. The first kappa shape index (κ1) is 28.9. The Morgan fingerprint density at radius 2 is 1.74 bits per heavy atom. The third-order valence-corrected chi connectivity index (χ3v) is 7.41. The molecule has 0 aromatic heterocycles. The Morgan fingerprint density at radius 1 is 1.05 bits per heavy atom. The molecule has 8 heteroatoms. The fourth-order valence-corrected chi connectivity index (χ4v) is 4.96. The molecule has 0 bridgehead atoms. The number of carbonyl (C=O) groups excluding carboxylic acids is 2. The van der Waals surface area contributed by atoms with Crippen LogP contribution in [0.25, 0.3) is 0 Å². The molecule has 1 saturated heterocycles. The third kappa shape index (κ3) is 7.73. The van der Waals surface area contributed by atoms with E-state index in [1.165, 1.54) is 22.7 Å². The zero-order chi connectivity index (χ0) is 28.2. The summed E-state index contributed by atoms with van der Waals surface area (Å²) in [6, 6.07) is 12.0. The van der Waals surface area contributed by atoms with E-state index in [4.69, 9.17) is 9.84 Å². The molecule has 0 N–H and O–H groups in total. The van der Waals surface area contributed by atoms with E-state index in [2.05, 4.69) is 30.9 Å². The Kier molecular flexibility index (Phi) is 9.18. The Labute approximate surface area is 231 Å². The zero-order valence-electron chi connectivity index (χ0n) is 23.9. The summed E-state index contributed by atoms with van der Waals surface area (Å²) in [5.41, 5.74) is 4.73. The first-order valence-electron chi connectivity index (χ1n) is 13.8. The van der Waals surface area contributed by atoms with Crippen LogP contribution >= 0.6 is 0 Å². The van der Waals surface area contributed by atoms with Gasteiger partial charge in [-0.3, -0.25) is 14.5 Å². The van der Waals surface area contributed by atoms with Crippen molar-refractivity contribution in [2.24, 2.45) is 10.5 Å². The van der Waals surface area contributed by atoms with Crippen molar-refractivity contribution in [3.63, 3.8) is 0 Å². The lowest BCUT2D eigenvalue weighted by molar-refractivity contribution is -0.142. The SMILES string of the molecule is Cc1ccc(C2=NN(C(=O)CN(CCN3CCOCC3)C(=O)CC(C)(C)C)[C@H](c3ccc(F)cc3)C2)cc1C. The highest BCUT2D eigenvalue weighted by Gasteiger charge is 2.35. The Balaban J connectivity index is 1.58. The van der Waals surface area contributed by atoms with Crippen molar-refractivity contribution in [3.05, 3.63) is 70.5 Å². The van der Waals surface area contributed by atoms with Gasteiger partial charge in [-0.15, -0.1) is 0 Å². The Morgan fingerprint density at radius 3 is 2.38 bits per heavy atom. The highest BCUT2D eigenvalue weighted by molar-refractivity contribution is 6.03. The van der Waals surface area contributed by atoms with Crippen molar-refractivity contribution >= 4 is 17.5 Å². The minimum atomic E-state index is -0.367. The van der Waals surface area contributed by atoms with E-state index < -0.39 is 0 Å². The molecule has 0 saturated carbocycles. The van der Waals surface area contributed by atoms with Crippen LogP contribution in [0.4, 0.5) is 4.39 Å². The van der Waals surface area contributed by atoms with E-state index in [0.29, 0.717) is 39.1 Å². The van der Waals surface area contributed by atoms with E-state index in [-0.39, 0.29) is 35.6 Å². The highest BCUT2D eigenvalue weighted by atomic mass is 19.1. The molecule has 210 valence electrons. The van der Waals surface area contributed by atoms with Gasteiger partial charge < -0.3 is 9.64 Å². The van der Waals surface area contributed by atoms with Gasteiger partial charge in [0, 0.05) is 39.0 Å².